The number of fused-ring (bicyclic) bond motifs is 2. The highest BCUT2D eigenvalue weighted by molar-refractivity contribution is 6.15. The molecule has 39 heavy (non-hydrogen) atoms. The van der Waals surface area contributed by atoms with Gasteiger partial charge in [-0.3, -0.25) is 18.7 Å². The Labute approximate surface area is 222 Å². The van der Waals surface area contributed by atoms with Crippen LogP contribution in [-0.2, 0) is 18.9 Å². The van der Waals surface area contributed by atoms with Gasteiger partial charge in [0.25, 0.3) is 0 Å². The molecular formula is C29H26N2O8. The predicted molar refractivity (Wildman–Crippen MR) is 143 cm³/mol. The summed E-state index contributed by atoms with van der Waals surface area (Å²) in [6, 6.07) is 13.1. The molecule has 0 amide bonds. The first-order valence-corrected chi connectivity index (χ1v) is 12.0. The average molecular weight is 531 g/mol. The second-order valence-electron chi connectivity index (χ2n) is 9.22. The van der Waals surface area contributed by atoms with Crippen LogP contribution in [-0.4, -0.2) is 45.3 Å². The number of allylic oxidation sites excluding steroid dienone is 1. The number of aliphatic carboxylic acids is 1. The van der Waals surface area contributed by atoms with E-state index in [-0.39, 0.29) is 40.5 Å². The first-order valence-electron chi connectivity index (χ1n) is 12.0. The minimum absolute atomic E-state index is 0.00435. The van der Waals surface area contributed by atoms with Crippen molar-refractivity contribution in [3.05, 3.63) is 87.0 Å². The van der Waals surface area contributed by atoms with Gasteiger partial charge < -0.3 is 24.4 Å². The highest BCUT2D eigenvalue weighted by Gasteiger charge is 2.35. The smallest absolute Gasteiger partial charge is 0.328 e. The maximum absolute atomic E-state index is 13.3. The third-order valence-electron chi connectivity index (χ3n) is 7.01. The highest BCUT2D eigenvalue weighted by atomic mass is 16.5. The maximum Gasteiger partial charge on any atom is 0.328 e. The monoisotopic (exact) mass is 530 g/mol. The van der Waals surface area contributed by atoms with Crippen molar-refractivity contribution in [1.29, 1.82) is 0 Å². The molecule has 10 heteroatoms. The molecule has 5 rings (SSSR count). The predicted octanol–water partition coefficient (Wildman–Crippen LogP) is 3.82. The van der Waals surface area contributed by atoms with Gasteiger partial charge in [-0.25, -0.2) is 4.79 Å². The number of Topliss-reactive ketones (excluding diaryl/α,β-unsaturated/α-hetero) is 1. The molecule has 0 unspecified atom stereocenters. The number of ketones is 1. The van der Waals surface area contributed by atoms with E-state index in [1.54, 1.807) is 50.5 Å². The largest absolute Gasteiger partial charge is 0.508 e. The second-order valence-corrected chi connectivity index (χ2v) is 9.22. The summed E-state index contributed by atoms with van der Waals surface area (Å²) in [6.07, 6.45) is 1.14. The van der Waals surface area contributed by atoms with Crippen LogP contribution in [0.15, 0.2) is 59.1 Å². The number of nitrogens with zero attached hydrogens (tertiary/aromatic N) is 2. The van der Waals surface area contributed by atoms with Crippen LogP contribution in [0, 0.1) is 0 Å². The Morgan fingerprint density at radius 3 is 2.44 bits per heavy atom. The Kier molecular flexibility index (Phi) is 6.39. The number of carbonyl (C=O) groups is 2. The number of imidazole rings is 1. The third kappa shape index (κ3) is 4.29. The molecular weight excluding hydrogens is 504 g/mol. The lowest BCUT2D eigenvalue weighted by atomic mass is 9.86. The van der Waals surface area contributed by atoms with Crippen LogP contribution in [0.25, 0.3) is 17.1 Å². The van der Waals surface area contributed by atoms with Crippen molar-refractivity contribution in [2.24, 2.45) is 14.1 Å². The number of phenols is 1. The van der Waals surface area contributed by atoms with E-state index in [0.29, 0.717) is 33.7 Å². The van der Waals surface area contributed by atoms with E-state index in [4.69, 9.17) is 14.2 Å². The summed E-state index contributed by atoms with van der Waals surface area (Å²) in [6.45, 7) is 0. The van der Waals surface area contributed by atoms with Crippen LogP contribution in [0.2, 0.25) is 0 Å². The van der Waals surface area contributed by atoms with E-state index >= 15 is 0 Å². The second kappa shape index (κ2) is 9.71. The summed E-state index contributed by atoms with van der Waals surface area (Å²) < 4.78 is 19.6. The molecule has 4 aromatic rings. The first kappa shape index (κ1) is 25.7. The normalized spacial score (nSPS) is 14.4. The Morgan fingerprint density at radius 1 is 1.00 bits per heavy atom. The maximum atomic E-state index is 13.3. The fourth-order valence-electron chi connectivity index (χ4n) is 4.98. The van der Waals surface area contributed by atoms with Crippen LogP contribution >= 0.6 is 0 Å². The Balaban J connectivity index is 1.64. The van der Waals surface area contributed by atoms with Gasteiger partial charge in [-0.05, 0) is 48.0 Å². The van der Waals surface area contributed by atoms with E-state index in [0.717, 1.165) is 0 Å². The SMILES string of the molecule is COc1ccc(/C=C2\Oc3c(ccc(O)c3[C@@H](CC(=O)O)c3ccc4c(c3)n(C)c(=O)n4C)C2=O)c(OC)c1. The summed E-state index contributed by atoms with van der Waals surface area (Å²) >= 11 is 0. The van der Waals surface area contributed by atoms with Crippen molar-refractivity contribution in [2.75, 3.05) is 14.2 Å². The number of benzene rings is 3. The molecule has 1 aliphatic heterocycles. The first-order chi connectivity index (χ1) is 18.6. The zero-order valence-corrected chi connectivity index (χ0v) is 21.7. The van der Waals surface area contributed by atoms with Crippen molar-refractivity contribution in [3.8, 4) is 23.0 Å². The summed E-state index contributed by atoms with van der Waals surface area (Å²) in [4.78, 5) is 37.7. The summed E-state index contributed by atoms with van der Waals surface area (Å²) in [5.74, 6) is -1.49. The molecule has 0 spiro atoms. The summed E-state index contributed by atoms with van der Waals surface area (Å²) in [5.41, 5.74) is 2.54. The zero-order chi connectivity index (χ0) is 28.0. The lowest BCUT2D eigenvalue weighted by Crippen LogP contribution is -2.19. The van der Waals surface area contributed by atoms with Crippen molar-refractivity contribution >= 4 is 28.9 Å². The number of aryl methyl sites for hydroxylation is 2. The molecule has 200 valence electrons. The quantitative estimate of drug-likeness (QED) is 0.345. The lowest BCUT2D eigenvalue weighted by Gasteiger charge is -2.20. The van der Waals surface area contributed by atoms with Gasteiger partial charge in [0.15, 0.2) is 5.76 Å². The number of carbonyl (C=O) groups excluding carboxylic acids is 1. The molecule has 1 aliphatic rings. The fraction of sp³-hybridized carbons (Fsp3) is 0.207. The molecule has 0 saturated heterocycles. The van der Waals surface area contributed by atoms with Crippen LogP contribution in [0.1, 0.15) is 39.4 Å². The molecule has 2 N–H and O–H groups in total. The van der Waals surface area contributed by atoms with E-state index in [2.05, 4.69) is 0 Å². The molecule has 0 saturated carbocycles. The van der Waals surface area contributed by atoms with Gasteiger partial charge in [-0.15, -0.1) is 0 Å². The fourth-order valence-corrected chi connectivity index (χ4v) is 4.98. The molecule has 2 heterocycles. The number of methoxy groups -OCH3 is 2. The van der Waals surface area contributed by atoms with E-state index in [1.165, 1.54) is 41.6 Å². The van der Waals surface area contributed by atoms with E-state index < -0.39 is 17.7 Å². The van der Waals surface area contributed by atoms with Gasteiger partial charge in [0, 0.05) is 37.2 Å². The highest BCUT2D eigenvalue weighted by Crippen LogP contribution is 2.47. The zero-order valence-electron chi connectivity index (χ0n) is 21.7. The number of hydrogen-bond donors (Lipinski definition) is 2. The molecule has 1 aromatic heterocycles. The standard InChI is InChI=1S/C29H26N2O8/c1-30-20-9-6-15(11-21(20)31(2)29(30)36)19(14-25(33)34)26-22(32)10-8-18-27(35)24(39-28(18)26)12-16-5-7-17(37-3)13-23(16)38-4/h5-13,19,32H,14H2,1-4H3,(H,33,34)/b24-12-/t19-/m0/s1. The molecule has 0 bridgehead atoms. The lowest BCUT2D eigenvalue weighted by molar-refractivity contribution is -0.137. The van der Waals surface area contributed by atoms with Gasteiger partial charge in [-0.1, -0.05) is 6.07 Å². The Morgan fingerprint density at radius 2 is 1.74 bits per heavy atom. The van der Waals surface area contributed by atoms with Crippen LogP contribution in [0.4, 0.5) is 0 Å². The van der Waals surface area contributed by atoms with Gasteiger partial charge in [0.2, 0.25) is 5.78 Å². The number of phenolic OH excluding ortho intramolecular Hbond substituents is 1. The van der Waals surface area contributed by atoms with Crippen LogP contribution in [0.5, 0.6) is 23.0 Å². The molecule has 0 aliphatic carbocycles. The number of aromatic nitrogens is 2. The third-order valence-corrected chi connectivity index (χ3v) is 7.01. The van der Waals surface area contributed by atoms with Crippen molar-refractivity contribution in [3.63, 3.8) is 0 Å². The number of aromatic hydroxyl groups is 1. The van der Waals surface area contributed by atoms with Gasteiger partial charge in [0.1, 0.15) is 23.0 Å². The molecule has 3 aromatic carbocycles. The minimum atomic E-state index is -1.11. The van der Waals surface area contributed by atoms with Crippen molar-refractivity contribution in [1.82, 2.24) is 9.13 Å². The van der Waals surface area contributed by atoms with Crippen molar-refractivity contribution < 1.29 is 34.0 Å². The van der Waals surface area contributed by atoms with Crippen LogP contribution in [0.3, 0.4) is 0 Å². The number of hydrogen-bond acceptors (Lipinski definition) is 7. The minimum Gasteiger partial charge on any atom is -0.508 e. The van der Waals surface area contributed by atoms with Gasteiger partial charge in [0.05, 0.1) is 37.2 Å². The molecule has 10 nitrogen and oxygen atoms in total. The Hall–Kier alpha value is -4.99. The summed E-state index contributed by atoms with van der Waals surface area (Å²) in [5, 5.41) is 20.7. The Bertz CT molecular complexity index is 1740. The molecule has 0 radical (unpaired) electrons. The number of carboxylic acid groups (broad SMARTS) is 1. The van der Waals surface area contributed by atoms with Gasteiger partial charge >= 0.3 is 11.7 Å². The van der Waals surface area contributed by atoms with Crippen molar-refractivity contribution in [2.45, 2.75) is 12.3 Å². The molecule has 1 atom stereocenters. The number of carboxylic acids is 1. The number of ether oxygens (including phenoxy) is 3. The topological polar surface area (TPSA) is 129 Å². The number of rotatable bonds is 7. The van der Waals surface area contributed by atoms with Gasteiger partial charge in [-0.2, -0.15) is 0 Å². The average Bonchev–Trinajstić information content (AvgIpc) is 3.35. The summed E-state index contributed by atoms with van der Waals surface area (Å²) in [7, 11) is 6.31. The molecule has 0 fully saturated rings. The van der Waals surface area contributed by atoms with Crippen LogP contribution < -0.4 is 19.9 Å². The van der Waals surface area contributed by atoms with E-state index in [9.17, 15) is 24.6 Å². The van der Waals surface area contributed by atoms with E-state index in [1.807, 2.05) is 0 Å².